The molecule has 0 aromatic heterocycles. The standard InChI is InChI=1S/C31H48N2O6/c1-22(2)19-33(29(34)27-21-32(15-17-36-27)30(35)39-31(3,4)5)20-23-13-14-24-10-6-7-11-26(25(24)18-23)38-28-12-8-9-16-37-28/h13-14,18,22,26-28H,6-12,15-17,19-21H2,1-5H3. The van der Waals surface area contributed by atoms with Gasteiger partial charge in [-0.05, 0) is 81.9 Å². The summed E-state index contributed by atoms with van der Waals surface area (Å²) in [5, 5.41) is 0. The van der Waals surface area contributed by atoms with Gasteiger partial charge in [0.15, 0.2) is 12.4 Å². The molecule has 1 aliphatic carbocycles. The van der Waals surface area contributed by atoms with E-state index < -0.39 is 17.8 Å². The minimum Gasteiger partial charge on any atom is -0.444 e. The van der Waals surface area contributed by atoms with Gasteiger partial charge in [0.1, 0.15) is 5.60 Å². The Morgan fingerprint density at radius 1 is 1.08 bits per heavy atom. The number of carbonyl (C=O) groups excluding carboxylic acids is 2. The second-order valence-electron chi connectivity index (χ2n) is 12.6. The highest BCUT2D eigenvalue weighted by molar-refractivity contribution is 5.82. The molecule has 3 unspecified atom stereocenters. The van der Waals surface area contributed by atoms with E-state index in [0.717, 1.165) is 57.1 Å². The van der Waals surface area contributed by atoms with Gasteiger partial charge in [0.2, 0.25) is 0 Å². The first-order chi connectivity index (χ1) is 18.6. The Bertz CT molecular complexity index is 968. The van der Waals surface area contributed by atoms with E-state index in [1.807, 2.05) is 25.7 Å². The van der Waals surface area contributed by atoms with E-state index in [1.165, 1.54) is 11.1 Å². The lowest BCUT2D eigenvalue weighted by Crippen LogP contribution is -2.53. The van der Waals surface area contributed by atoms with E-state index in [4.69, 9.17) is 18.9 Å². The van der Waals surface area contributed by atoms with E-state index in [1.54, 1.807) is 4.90 Å². The fraction of sp³-hybridized carbons (Fsp3) is 0.742. The lowest BCUT2D eigenvalue weighted by molar-refractivity contribution is -0.191. The molecule has 8 heteroatoms. The first-order valence-electron chi connectivity index (χ1n) is 14.9. The summed E-state index contributed by atoms with van der Waals surface area (Å²) in [5.74, 6) is 0.204. The van der Waals surface area contributed by atoms with Crippen LogP contribution in [0.4, 0.5) is 4.79 Å². The lowest BCUT2D eigenvalue weighted by Gasteiger charge is -2.36. The maximum absolute atomic E-state index is 13.7. The van der Waals surface area contributed by atoms with Crippen LogP contribution in [0.25, 0.3) is 0 Å². The van der Waals surface area contributed by atoms with Gasteiger partial charge in [-0.1, -0.05) is 38.5 Å². The van der Waals surface area contributed by atoms with Crippen LogP contribution in [0.2, 0.25) is 0 Å². The predicted molar refractivity (Wildman–Crippen MR) is 149 cm³/mol. The molecule has 0 saturated carbocycles. The zero-order valence-corrected chi connectivity index (χ0v) is 24.6. The summed E-state index contributed by atoms with van der Waals surface area (Å²) in [7, 11) is 0. The predicted octanol–water partition coefficient (Wildman–Crippen LogP) is 5.62. The summed E-state index contributed by atoms with van der Waals surface area (Å²) in [6.45, 7) is 12.5. The fourth-order valence-corrected chi connectivity index (χ4v) is 5.60. The van der Waals surface area contributed by atoms with Gasteiger partial charge in [-0.25, -0.2) is 4.79 Å². The topological polar surface area (TPSA) is 77.5 Å². The van der Waals surface area contributed by atoms with Crippen molar-refractivity contribution in [1.82, 2.24) is 9.80 Å². The molecule has 1 aromatic carbocycles. The molecule has 2 amide bonds. The molecule has 2 aliphatic heterocycles. The van der Waals surface area contributed by atoms with Crippen LogP contribution in [0.15, 0.2) is 18.2 Å². The van der Waals surface area contributed by atoms with Crippen molar-refractivity contribution in [2.75, 3.05) is 32.8 Å². The summed E-state index contributed by atoms with van der Waals surface area (Å²) in [4.78, 5) is 29.9. The molecule has 39 heavy (non-hydrogen) atoms. The SMILES string of the molecule is CC(C)CN(Cc1ccc2c(c1)C(OC1CCCCO1)CCCC2)C(=O)C1CN(C(=O)OC(C)(C)C)CCO1. The molecule has 2 fully saturated rings. The molecule has 3 aliphatic rings. The number of hydrogen-bond acceptors (Lipinski definition) is 6. The number of fused-ring (bicyclic) bond motifs is 1. The van der Waals surface area contributed by atoms with Crippen LogP contribution in [0, 0.1) is 5.92 Å². The van der Waals surface area contributed by atoms with Crippen molar-refractivity contribution in [3.8, 4) is 0 Å². The number of benzene rings is 1. The van der Waals surface area contributed by atoms with Crippen LogP contribution in [0.3, 0.4) is 0 Å². The molecule has 0 spiro atoms. The molecule has 4 rings (SSSR count). The van der Waals surface area contributed by atoms with Gasteiger partial charge in [-0.15, -0.1) is 0 Å². The molecular weight excluding hydrogens is 496 g/mol. The van der Waals surface area contributed by atoms with E-state index in [-0.39, 0.29) is 24.8 Å². The lowest BCUT2D eigenvalue weighted by atomic mass is 9.97. The second kappa shape index (κ2) is 13.5. The number of carbonyl (C=O) groups is 2. The number of aryl methyl sites for hydroxylation is 1. The normalized spacial score (nSPS) is 24.2. The van der Waals surface area contributed by atoms with Crippen LogP contribution >= 0.6 is 0 Å². The van der Waals surface area contributed by atoms with Crippen molar-refractivity contribution in [3.05, 3.63) is 34.9 Å². The van der Waals surface area contributed by atoms with Crippen LogP contribution in [-0.4, -0.2) is 72.6 Å². The summed E-state index contributed by atoms with van der Waals surface area (Å²) in [5.41, 5.74) is 3.07. The number of hydrogen-bond donors (Lipinski definition) is 0. The van der Waals surface area contributed by atoms with E-state index in [2.05, 4.69) is 32.0 Å². The Morgan fingerprint density at radius 3 is 2.59 bits per heavy atom. The van der Waals surface area contributed by atoms with Gasteiger partial charge in [0.25, 0.3) is 5.91 Å². The molecule has 2 saturated heterocycles. The summed E-state index contributed by atoms with van der Waals surface area (Å²) in [6, 6.07) is 6.60. The third-order valence-electron chi connectivity index (χ3n) is 7.44. The van der Waals surface area contributed by atoms with E-state index in [9.17, 15) is 9.59 Å². The van der Waals surface area contributed by atoms with Crippen LogP contribution in [-0.2, 0) is 36.7 Å². The average molecular weight is 545 g/mol. The first kappa shape index (κ1) is 29.8. The smallest absolute Gasteiger partial charge is 0.410 e. The highest BCUT2D eigenvalue weighted by atomic mass is 16.7. The Balaban J connectivity index is 1.48. The second-order valence-corrected chi connectivity index (χ2v) is 12.6. The summed E-state index contributed by atoms with van der Waals surface area (Å²) >= 11 is 0. The molecule has 218 valence electrons. The van der Waals surface area contributed by atoms with Crippen molar-refractivity contribution in [2.24, 2.45) is 5.92 Å². The maximum Gasteiger partial charge on any atom is 0.410 e. The minimum atomic E-state index is -0.703. The summed E-state index contributed by atoms with van der Waals surface area (Å²) < 4.78 is 23.8. The highest BCUT2D eigenvalue weighted by Gasteiger charge is 2.34. The van der Waals surface area contributed by atoms with Crippen LogP contribution in [0.1, 0.15) is 95.9 Å². The van der Waals surface area contributed by atoms with Crippen molar-refractivity contribution < 1.29 is 28.5 Å². The Morgan fingerprint density at radius 2 is 1.87 bits per heavy atom. The number of ether oxygens (including phenoxy) is 4. The van der Waals surface area contributed by atoms with Gasteiger partial charge in [-0.3, -0.25) is 4.79 Å². The molecular formula is C31H48N2O6. The monoisotopic (exact) mass is 544 g/mol. The van der Waals surface area contributed by atoms with Gasteiger partial charge >= 0.3 is 6.09 Å². The average Bonchev–Trinajstić information content (AvgIpc) is 3.09. The third kappa shape index (κ3) is 8.66. The van der Waals surface area contributed by atoms with Gasteiger partial charge in [-0.2, -0.15) is 0 Å². The molecule has 0 bridgehead atoms. The number of morpholine rings is 1. The van der Waals surface area contributed by atoms with Gasteiger partial charge in [0.05, 0.1) is 19.3 Å². The number of rotatable bonds is 7. The fourth-order valence-electron chi connectivity index (χ4n) is 5.60. The van der Waals surface area contributed by atoms with E-state index >= 15 is 0 Å². The quantitative estimate of drug-likeness (QED) is 0.415. The maximum atomic E-state index is 13.7. The highest BCUT2D eigenvalue weighted by Crippen LogP contribution is 2.35. The van der Waals surface area contributed by atoms with Crippen molar-refractivity contribution in [1.29, 1.82) is 0 Å². The zero-order valence-electron chi connectivity index (χ0n) is 24.6. The molecule has 3 atom stereocenters. The Kier molecular flexibility index (Phi) is 10.3. The molecule has 1 aromatic rings. The zero-order chi connectivity index (χ0) is 28.0. The third-order valence-corrected chi connectivity index (χ3v) is 7.44. The summed E-state index contributed by atoms with van der Waals surface area (Å²) in [6.07, 6.45) is 6.30. The first-order valence-corrected chi connectivity index (χ1v) is 14.9. The molecule has 0 radical (unpaired) electrons. The molecule has 0 N–H and O–H groups in total. The largest absolute Gasteiger partial charge is 0.444 e. The molecule has 2 heterocycles. The van der Waals surface area contributed by atoms with Crippen molar-refractivity contribution in [2.45, 2.75) is 110 Å². The number of amides is 2. The number of nitrogens with zero attached hydrogens (tertiary/aromatic N) is 2. The molecule has 8 nitrogen and oxygen atoms in total. The van der Waals surface area contributed by atoms with Crippen molar-refractivity contribution in [3.63, 3.8) is 0 Å². The Hall–Kier alpha value is -2.16. The van der Waals surface area contributed by atoms with Crippen LogP contribution in [0.5, 0.6) is 0 Å². The van der Waals surface area contributed by atoms with Gasteiger partial charge < -0.3 is 28.7 Å². The van der Waals surface area contributed by atoms with E-state index in [0.29, 0.717) is 32.2 Å². The van der Waals surface area contributed by atoms with Gasteiger partial charge in [0, 0.05) is 26.2 Å². The van der Waals surface area contributed by atoms with Crippen LogP contribution < -0.4 is 0 Å². The van der Waals surface area contributed by atoms with Crippen molar-refractivity contribution >= 4 is 12.0 Å². The minimum absolute atomic E-state index is 0.0175. The Labute approximate surface area is 234 Å².